The zero-order chi connectivity index (χ0) is 71.3. The van der Waals surface area contributed by atoms with Gasteiger partial charge in [0.2, 0.25) is 47.5 Å². The lowest BCUT2D eigenvalue weighted by Gasteiger charge is -2.47. The number of aliphatic hydroxyl groups excluding tert-OH is 6. The molecule has 5 aromatic rings. The summed E-state index contributed by atoms with van der Waals surface area (Å²) in [5, 5.41) is 131. The number of likely N-dealkylation sites (N-methyl/N-ethyl adjacent to an activating group) is 1. The quantitative estimate of drug-likeness (QED) is 0.0894. The highest BCUT2D eigenvalue weighted by molar-refractivity contribution is 6.32. The Balaban J connectivity index is 0.0000114. The molecule has 31 nitrogen and oxygen atoms in total. The fraction of sp³-hybridized carbons (Fsp3) is 0.431. The van der Waals surface area contributed by atoms with Gasteiger partial charge in [-0.25, -0.2) is 4.79 Å². The second-order valence-electron chi connectivity index (χ2n) is 25.2. The molecule has 2 saturated heterocycles. The van der Waals surface area contributed by atoms with Crippen molar-refractivity contribution in [2.75, 3.05) is 13.7 Å². The average molecular weight is 1440 g/mol. The topological polar surface area (TPSA) is 487 Å². The molecule has 2 unspecified atom stereocenters. The van der Waals surface area contributed by atoms with Gasteiger partial charge in [0.15, 0.2) is 29.9 Å². The molecular formula is C65H75Cl3N8O23. The van der Waals surface area contributed by atoms with Crippen molar-refractivity contribution >= 4 is 77.0 Å². The number of amides is 6. The van der Waals surface area contributed by atoms with Crippen LogP contribution in [0.25, 0.3) is 11.1 Å². The third-order valence-electron chi connectivity index (χ3n) is 17.5. The first-order chi connectivity index (χ1) is 46.3. The lowest BCUT2D eigenvalue weighted by atomic mass is 9.86. The van der Waals surface area contributed by atoms with Gasteiger partial charge >= 0.3 is 5.97 Å². The van der Waals surface area contributed by atoms with E-state index in [4.69, 9.17) is 57.4 Å². The Morgan fingerprint density at radius 1 is 0.707 bits per heavy atom. The van der Waals surface area contributed by atoms with Crippen LogP contribution in [-0.4, -0.2) is 185 Å². The predicted molar refractivity (Wildman–Crippen MR) is 348 cm³/mol. The van der Waals surface area contributed by atoms with Crippen molar-refractivity contribution in [3.05, 3.63) is 117 Å². The van der Waals surface area contributed by atoms with Crippen LogP contribution in [0.15, 0.2) is 78.9 Å². The Bertz CT molecular complexity index is 3950. The summed E-state index contributed by atoms with van der Waals surface area (Å²) in [6.07, 6.45) is -17.0. The van der Waals surface area contributed by atoms with E-state index in [1.807, 2.05) is 13.8 Å². The minimum absolute atomic E-state index is 0. The van der Waals surface area contributed by atoms with E-state index in [0.717, 1.165) is 54.6 Å². The number of ether oxygens (including phenoxy) is 6. The van der Waals surface area contributed by atoms with Crippen LogP contribution in [0.1, 0.15) is 106 Å². The molecule has 0 spiro atoms. The Labute approximate surface area is 580 Å². The number of aromatic hydroxyl groups is 3. The molecule has 34 heteroatoms. The number of fused-ring (bicyclic) bond motifs is 15. The summed E-state index contributed by atoms with van der Waals surface area (Å²) in [5.74, 6) is -13.6. The maximum atomic E-state index is 15.9. The summed E-state index contributed by atoms with van der Waals surface area (Å²) in [6, 6.07) is 0.876. The number of halogens is 3. The first-order valence-electron chi connectivity index (χ1n) is 30.9. The summed E-state index contributed by atoms with van der Waals surface area (Å²) >= 11 is 14.1. The van der Waals surface area contributed by atoms with E-state index in [0.29, 0.717) is 0 Å². The number of nitrogens with one attached hydrogen (secondary N) is 7. The largest absolute Gasteiger partial charge is 0.508 e. The third kappa shape index (κ3) is 15.7. The van der Waals surface area contributed by atoms with Gasteiger partial charge in [0.25, 0.3) is 0 Å². The average Bonchev–Trinajstić information content (AvgIpc) is 0.770. The first kappa shape index (κ1) is 74.8. The summed E-state index contributed by atoms with van der Waals surface area (Å²) in [7, 11) is 1.51. The molecule has 19 N–H and O–H groups in total. The minimum Gasteiger partial charge on any atom is -0.508 e. The molecule has 534 valence electrons. The molecular weight excluding hydrogens is 1370 g/mol. The fourth-order valence-corrected chi connectivity index (χ4v) is 12.7. The molecule has 7 aliphatic rings. The van der Waals surface area contributed by atoms with Gasteiger partial charge in [-0.2, -0.15) is 0 Å². The fourth-order valence-electron chi connectivity index (χ4n) is 12.2. The van der Waals surface area contributed by atoms with E-state index in [2.05, 4.69) is 37.2 Å². The van der Waals surface area contributed by atoms with E-state index >= 15 is 14.4 Å². The van der Waals surface area contributed by atoms with E-state index in [1.54, 1.807) is 0 Å². The summed E-state index contributed by atoms with van der Waals surface area (Å²) in [5.41, 5.74) is 2.68. The molecule has 0 aromatic heterocycles. The van der Waals surface area contributed by atoms with Gasteiger partial charge in [0.05, 0.1) is 34.9 Å². The number of aliphatic carboxylic acids is 1. The zero-order valence-electron chi connectivity index (χ0n) is 53.5. The molecule has 2 fully saturated rings. The van der Waals surface area contributed by atoms with Crippen LogP contribution < -0.4 is 57.2 Å². The number of hydrogen-bond acceptors (Lipinski definition) is 24. The zero-order valence-corrected chi connectivity index (χ0v) is 55.9. The van der Waals surface area contributed by atoms with Gasteiger partial charge in [0, 0.05) is 34.7 Å². The van der Waals surface area contributed by atoms with Crippen LogP contribution in [-0.2, 0) is 47.8 Å². The van der Waals surface area contributed by atoms with Crippen LogP contribution in [0.2, 0.25) is 10.0 Å². The van der Waals surface area contributed by atoms with Crippen LogP contribution >= 0.6 is 35.6 Å². The van der Waals surface area contributed by atoms with Crippen molar-refractivity contribution < 1.29 is 113 Å². The number of carbonyl (C=O) groups excluding carboxylic acids is 6. The van der Waals surface area contributed by atoms with Crippen LogP contribution in [0.3, 0.4) is 0 Å². The van der Waals surface area contributed by atoms with E-state index < -0.39 is 213 Å². The number of benzene rings is 5. The molecule has 0 saturated carbocycles. The molecule has 12 rings (SSSR count). The van der Waals surface area contributed by atoms with Crippen LogP contribution in [0, 0.1) is 5.92 Å². The Morgan fingerprint density at radius 3 is 1.89 bits per heavy atom. The van der Waals surface area contributed by atoms with E-state index in [9.17, 15) is 70.2 Å². The second-order valence-corrected chi connectivity index (χ2v) is 26.0. The van der Waals surface area contributed by atoms with E-state index in [1.165, 1.54) is 52.1 Å². The summed E-state index contributed by atoms with van der Waals surface area (Å²) < 4.78 is 38.3. The highest BCUT2D eigenvalue weighted by Gasteiger charge is 2.51. The number of phenols is 3. The normalized spacial score (nSPS) is 29.7. The maximum Gasteiger partial charge on any atom is 0.330 e. The van der Waals surface area contributed by atoms with Crippen molar-refractivity contribution in [2.24, 2.45) is 11.7 Å². The highest BCUT2D eigenvalue weighted by Crippen LogP contribution is 2.50. The van der Waals surface area contributed by atoms with Gasteiger partial charge in [0.1, 0.15) is 89.5 Å². The molecule has 18 atom stereocenters. The van der Waals surface area contributed by atoms with Gasteiger partial charge in [-0.15, -0.1) is 12.4 Å². The Morgan fingerprint density at radius 2 is 1.30 bits per heavy atom. The van der Waals surface area contributed by atoms with Gasteiger partial charge in [-0.3, -0.25) is 28.8 Å². The monoisotopic (exact) mass is 1440 g/mol. The van der Waals surface area contributed by atoms with Crippen LogP contribution in [0.4, 0.5) is 0 Å². The first-order valence-corrected chi connectivity index (χ1v) is 31.7. The van der Waals surface area contributed by atoms with Crippen molar-refractivity contribution in [1.82, 2.24) is 37.2 Å². The van der Waals surface area contributed by atoms with Crippen molar-refractivity contribution in [1.29, 1.82) is 0 Å². The van der Waals surface area contributed by atoms with Crippen molar-refractivity contribution in [2.45, 2.75) is 157 Å². The predicted octanol–water partition coefficient (Wildman–Crippen LogP) is 1.67. The molecule has 0 aliphatic carbocycles. The molecule has 11 bridgehead atoms. The number of phenolic OH excluding ortho intramolecular Hbond substituents is 3. The number of rotatable bonds is 11. The lowest BCUT2D eigenvalue weighted by molar-refractivity contribution is -0.333. The third-order valence-corrected chi connectivity index (χ3v) is 18.1. The summed E-state index contributed by atoms with van der Waals surface area (Å²) in [6.45, 7) is 6.97. The minimum atomic E-state index is -2.25. The molecule has 7 heterocycles. The number of carboxylic acids is 1. The number of hydrogen-bond donors (Lipinski definition) is 18. The van der Waals surface area contributed by atoms with Crippen molar-refractivity contribution in [3.8, 4) is 57.1 Å². The van der Waals surface area contributed by atoms with Gasteiger partial charge in [-0.05, 0) is 117 Å². The van der Waals surface area contributed by atoms with Crippen molar-refractivity contribution in [3.63, 3.8) is 0 Å². The Kier molecular flexibility index (Phi) is 22.8. The number of carboxylic acid groups (broad SMARTS) is 1. The molecule has 7 aliphatic heterocycles. The smallest absolute Gasteiger partial charge is 0.330 e. The number of carbonyl (C=O) groups is 7. The number of aliphatic hydroxyl groups is 6. The summed E-state index contributed by atoms with van der Waals surface area (Å²) in [4.78, 5) is 103. The standard InChI is InChI=1S/C65H74Cl2N8O23.ClH/c1-23(2)13-35(69-6)58(86)74-48-50(80)27-8-11-38(33(66)15-27)94-40-17-29-18-41(54(40)98-64-55(53(83)52(82)42(22-76)96-64)97-43-21-65(5,68)56(84)25(4)93-43)95-39-12-9-28(16-34(39)67)51(81)49-62(90)73-47(63(91)92)32-19-30(77)20-37(79)44(32)31-14-26(7-10-36(31)78)45(59(87)75-49)72-60(88)46(29)71-57(85)24(3)70-61(48)89;/h7-12,14-20,23-25,35,42-43,45-53,55-56,64,69,76-84H,13,21-22,68H2,1-6H3,(H,70,89)(H,71,85)(H,72,88)(H,73,90)(H,74,86)(H,75,87)(H,91,92);1H/t24-,25-,35+,42?,43-,45+,46+,47?,48+,49-,50+,51+,52+,53-,55+,56+,64-,65-;/m0./s1. The number of nitrogens with two attached hydrogens (primary N) is 1. The SMILES string of the molecule is CN[C@H](CC(C)C)C(=O)N[C@H]1C(=O)N[C@@H](C)C(=O)N[C@H]2C(=O)N[C@H]3C(=O)N[C@H](C(=O)NC(C(=O)O)c4cc(O)cc(O)c4-c4cc3ccc4O)[C@H](O)c3ccc(c(Cl)c3)Oc3cc2cc(c3O[C@@H]2OC(CO)[C@@H](O)[C@H](O)[C@H]2O[C@H]2C[C@](C)(N)[C@H](O)[C@H](C)O2)Oc2ccc(cc2Cl)[C@H]1O.Cl. The molecule has 6 amide bonds. The van der Waals surface area contributed by atoms with Crippen LogP contribution in [0.5, 0.6) is 46.0 Å². The Hall–Kier alpha value is -8.38. The highest BCUT2D eigenvalue weighted by atomic mass is 35.5. The second kappa shape index (κ2) is 30.2. The lowest BCUT2D eigenvalue weighted by Crippen LogP contribution is -2.64. The molecule has 0 radical (unpaired) electrons. The van der Waals surface area contributed by atoms with Gasteiger partial charge < -0.3 is 122 Å². The van der Waals surface area contributed by atoms with E-state index in [-0.39, 0.29) is 69.9 Å². The maximum absolute atomic E-state index is 15.9. The van der Waals surface area contributed by atoms with Gasteiger partial charge in [-0.1, -0.05) is 55.2 Å². The molecule has 5 aromatic carbocycles. The molecule has 99 heavy (non-hydrogen) atoms.